The molecule has 0 saturated heterocycles. The normalized spacial score (nSPS) is 13.8. The summed E-state index contributed by atoms with van der Waals surface area (Å²) in [5.41, 5.74) is 2.69. The number of fused-ring (bicyclic) bond motifs is 1. The molecule has 76 valence electrons. The fourth-order valence-electron chi connectivity index (χ4n) is 1.69. The van der Waals surface area contributed by atoms with Crippen molar-refractivity contribution >= 4 is 11.6 Å². The van der Waals surface area contributed by atoms with Gasteiger partial charge in [0.25, 0.3) is 0 Å². The Balaban J connectivity index is 1.98. The number of benzene rings is 1. The van der Waals surface area contributed by atoms with Crippen LogP contribution in [-0.2, 0) is 12.8 Å². The Morgan fingerprint density at radius 1 is 1.43 bits per heavy atom. The van der Waals surface area contributed by atoms with Gasteiger partial charge in [0.15, 0.2) is 0 Å². The van der Waals surface area contributed by atoms with E-state index in [-0.39, 0.29) is 0 Å². The van der Waals surface area contributed by atoms with E-state index in [4.69, 9.17) is 16.3 Å². The summed E-state index contributed by atoms with van der Waals surface area (Å²) in [5.74, 6) is 1.05. The number of nitrogens with one attached hydrogen (secondary N) is 1. The molecule has 0 saturated carbocycles. The highest BCUT2D eigenvalue weighted by Crippen LogP contribution is 2.25. The molecule has 1 aromatic rings. The predicted molar refractivity (Wildman–Crippen MR) is 58.1 cm³/mol. The Morgan fingerprint density at radius 3 is 3.21 bits per heavy atom. The highest BCUT2D eigenvalue weighted by molar-refractivity contribution is 6.17. The Hall–Kier alpha value is -0.730. The molecule has 0 bridgehead atoms. The maximum absolute atomic E-state index is 5.53. The summed E-state index contributed by atoms with van der Waals surface area (Å²) in [5, 5.41) is 3.10. The van der Waals surface area contributed by atoms with Gasteiger partial charge in [-0.25, -0.2) is 0 Å². The number of ether oxygens (including phenoxy) is 1. The first-order valence-electron chi connectivity index (χ1n) is 4.91. The van der Waals surface area contributed by atoms with Crippen LogP contribution in [0.4, 0.5) is 0 Å². The molecule has 0 unspecified atom stereocenters. The van der Waals surface area contributed by atoms with Gasteiger partial charge in [-0.15, -0.1) is 11.6 Å². The van der Waals surface area contributed by atoms with Gasteiger partial charge in [-0.2, -0.15) is 0 Å². The van der Waals surface area contributed by atoms with Crippen LogP contribution in [0.25, 0.3) is 0 Å². The number of hydrogen-bond donors (Lipinski definition) is 1. The van der Waals surface area contributed by atoms with Crippen LogP contribution in [0.1, 0.15) is 11.1 Å². The van der Waals surface area contributed by atoms with Gasteiger partial charge < -0.3 is 10.1 Å². The largest absolute Gasteiger partial charge is 0.493 e. The van der Waals surface area contributed by atoms with E-state index >= 15 is 0 Å². The molecule has 0 atom stereocenters. The van der Waals surface area contributed by atoms with Crippen molar-refractivity contribution in [2.75, 3.05) is 19.2 Å². The molecular weight excluding hydrogens is 198 g/mol. The molecule has 1 aliphatic heterocycles. The van der Waals surface area contributed by atoms with E-state index in [2.05, 4.69) is 23.5 Å². The standard InChI is InChI=1S/C11H14ClNO/c12-8-13-5-3-9-1-2-11-10(7-9)4-6-14-11/h1-2,7,13H,3-6,8H2. The molecule has 0 aromatic heterocycles. The SMILES string of the molecule is ClCNCCc1ccc2c(c1)CCO2. The minimum absolute atomic E-state index is 0.522. The topological polar surface area (TPSA) is 21.3 Å². The van der Waals surface area contributed by atoms with Gasteiger partial charge in [0.2, 0.25) is 0 Å². The number of halogens is 1. The molecule has 14 heavy (non-hydrogen) atoms. The van der Waals surface area contributed by atoms with Crippen molar-refractivity contribution in [3.63, 3.8) is 0 Å². The molecule has 0 aliphatic carbocycles. The van der Waals surface area contributed by atoms with Gasteiger partial charge in [-0.05, 0) is 23.6 Å². The van der Waals surface area contributed by atoms with Crippen LogP contribution in [0, 0.1) is 0 Å². The fourth-order valence-corrected chi connectivity index (χ4v) is 1.83. The highest BCUT2D eigenvalue weighted by atomic mass is 35.5. The predicted octanol–water partition coefficient (Wildman–Crippen LogP) is 1.95. The van der Waals surface area contributed by atoms with Crippen LogP contribution < -0.4 is 10.1 Å². The number of hydrogen-bond acceptors (Lipinski definition) is 2. The molecule has 3 heteroatoms. The van der Waals surface area contributed by atoms with Crippen LogP contribution in [0.2, 0.25) is 0 Å². The molecule has 1 aromatic carbocycles. The third kappa shape index (κ3) is 2.20. The number of alkyl halides is 1. The first-order valence-corrected chi connectivity index (χ1v) is 5.45. The Kier molecular flexibility index (Phi) is 3.27. The minimum atomic E-state index is 0.522. The smallest absolute Gasteiger partial charge is 0.122 e. The van der Waals surface area contributed by atoms with Gasteiger partial charge in [0, 0.05) is 13.0 Å². The molecule has 2 rings (SSSR count). The van der Waals surface area contributed by atoms with Crippen LogP contribution in [0.3, 0.4) is 0 Å². The summed E-state index contributed by atoms with van der Waals surface area (Å²) >= 11 is 5.53. The van der Waals surface area contributed by atoms with Crippen molar-refractivity contribution in [1.29, 1.82) is 0 Å². The van der Waals surface area contributed by atoms with Crippen LogP contribution in [-0.4, -0.2) is 19.2 Å². The van der Waals surface area contributed by atoms with Crippen molar-refractivity contribution < 1.29 is 4.74 Å². The van der Waals surface area contributed by atoms with Crippen molar-refractivity contribution in [3.05, 3.63) is 29.3 Å². The molecule has 2 nitrogen and oxygen atoms in total. The van der Waals surface area contributed by atoms with Crippen LogP contribution in [0.5, 0.6) is 5.75 Å². The second kappa shape index (κ2) is 4.67. The molecule has 0 amide bonds. The summed E-state index contributed by atoms with van der Waals surface area (Å²) in [6.45, 7) is 1.77. The van der Waals surface area contributed by atoms with Crippen molar-refractivity contribution in [1.82, 2.24) is 5.32 Å². The van der Waals surface area contributed by atoms with Crippen molar-refractivity contribution in [2.45, 2.75) is 12.8 Å². The number of rotatable bonds is 4. The summed E-state index contributed by atoms with van der Waals surface area (Å²) < 4.78 is 5.44. The second-order valence-corrected chi connectivity index (χ2v) is 3.69. The molecule has 0 radical (unpaired) electrons. The van der Waals surface area contributed by atoms with Gasteiger partial charge in [0.05, 0.1) is 12.6 Å². The zero-order valence-corrected chi connectivity index (χ0v) is 8.81. The zero-order valence-electron chi connectivity index (χ0n) is 8.05. The van der Waals surface area contributed by atoms with E-state index in [1.54, 1.807) is 0 Å². The van der Waals surface area contributed by atoms with Crippen LogP contribution in [0.15, 0.2) is 18.2 Å². The van der Waals surface area contributed by atoms with E-state index in [0.29, 0.717) is 6.00 Å². The fraction of sp³-hybridized carbons (Fsp3) is 0.455. The lowest BCUT2D eigenvalue weighted by atomic mass is 10.1. The highest BCUT2D eigenvalue weighted by Gasteiger charge is 2.11. The maximum atomic E-state index is 5.53. The Labute approximate surface area is 89.2 Å². The van der Waals surface area contributed by atoms with Gasteiger partial charge in [0.1, 0.15) is 5.75 Å². The maximum Gasteiger partial charge on any atom is 0.122 e. The summed E-state index contributed by atoms with van der Waals surface area (Å²) in [4.78, 5) is 0. The average molecular weight is 212 g/mol. The molecule has 0 spiro atoms. The van der Waals surface area contributed by atoms with Crippen molar-refractivity contribution in [2.24, 2.45) is 0 Å². The van der Waals surface area contributed by atoms with E-state index in [9.17, 15) is 0 Å². The molecule has 1 heterocycles. The minimum Gasteiger partial charge on any atom is -0.493 e. The summed E-state index contributed by atoms with van der Waals surface area (Å²) in [6.07, 6.45) is 2.08. The average Bonchev–Trinajstić information content (AvgIpc) is 2.65. The molecule has 1 N–H and O–H groups in total. The lowest BCUT2D eigenvalue weighted by Gasteiger charge is -2.04. The monoisotopic (exact) mass is 211 g/mol. The first-order chi connectivity index (χ1) is 6.90. The third-order valence-corrected chi connectivity index (χ3v) is 2.63. The summed E-state index contributed by atoms with van der Waals surface area (Å²) in [7, 11) is 0. The first kappa shape index (κ1) is 9.81. The van der Waals surface area contributed by atoms with Crippen molar-refractivity contribution in [3.8, 4) is 5.75 Å². The Morgan fingerprint density at radius 2 is 2.36 bits per heavy atom. The zero-order chi connectivity index (χ0) is 9.80. The lowest BCUT2D eigenvalue weighted by Crippen LogP contribution is -2.14. The molecular formula is C11H14ClNO. The molecule has 1 aliphatic rings. The Bertz CT molecular complexity index is 314. The van der Waals surface area contributed by atoms with E-state index in [0.717, 1.165) is 31.7 Å². The van der Waals surface area contributed by atoms with Gasteiger partial charge >= 0.3 is 0 Å². The van der Waals surface area contributed by atoms with Gasteiger partial charge in [-0.1, -0.05) is 12.1 Å². The third-order valence-electron chi connectivity index (χ3n) is 2.44. The lowest BCUT2D eigenvalue weighted by molar-refractivity contribution is 0.357. The molecule has 0 fully saturated rings. The summed E-state index contributed by atoms with van der Waals surface area (Å²) in [6, 6.07) is 6.95. The second-order valence-electron chi connectivity index (χ2n) is 3.42. The van der Waals surface area contributed by atoms with E-state index < -0.39 is 0 Å². The van der Waals surface area contributed by atoms with E-state index in [1.807, 2.05) is 0 Å². The quantitative estimate of drug-likeness (QED) is 0.467. The van der Waals surface area contributed by atoms with E-state index in [1.165, 1.54) is 11.1 Å². The van der Waals surface area contributed by atoms with Crippen LogP contribution >= 0.6 is 11.6 Å². The van der Waals surface area contributed by atoms with Gasteiger partial charge in [-0.3, -0.25) is 0 Å².